The maximum Gasteiger partial charge on any atom is 0.122 e. The van der Waals surface area contributed by atoms with Crippen molar-refractivity contribution >= 4 is 0 Å². The molecule has 3 heteroatoms. The Morgan fingerprint density at radius 1 is 0.750 bits per heavy atom. The number of benzene rings is 1. The number of rotatable bonds is 22. The van der Waals surface area contributed by atoms with Crippen LogP contribution in [-0.2, 0) is 4.74 Å². The summed E-state index contributed by atoms with van der Waals surface area (Å²) in [6, 6.07) is 9.50. The number of nitriles is 1. The van der Waals surface area contributed by atoms with Crippen molar-refractivity contribution in [3.05, 3.63) is 29.8 Å². The molecule has 32 heavy (non-hydrogen) atoms. The normalized spacial score (nSPS) is 11.9. The van der Waals surface area contributed by atoms with Crippen LogP contribution in [0.1, 0.15) is 129 Å². The van der Waals surface area contributed by atoms with Crippen LogP contribution in [0.2, 0.25) is 0 Å². The molecule has 1 rings (SSSR count). The van der Waals surface area contributed by atoms with Crippen LogP contribution in [0.3, 0.4) is 0 Å². The quantitative estimate of drug-likeness (QED) is 0.168. The van der Waals surface area contributed by atoms with Crippen LogP contribution in [0.5, 0.6) is 5.75 Å². The number of ether oxygens (including phenoxy) is 2. The zero-order chi connectivity index (χ0) is 23.1. The lowest BCUT2D eigenvalue weighted by Gasteiger charge is -2.18. The molecule has 0 aliphatic carbocycles. The summed E-state index contributed by atoms with van der Waals surface area (Å²) < 4.78 is 11.8. The minimum Gasteiger partial charge on any atom is -0.488 e. The Labute approximate surface area is 198 Å². The molecule has 1 aromatic rings. The molecule has 0 fully saturated rings. The van der Waals surface area contributed by atoms with Gasteiger partial charge in [-0.25, -0.2) is 0 Å². The molecule has 0 radical (unpaired) electrons. The van der Waals surface area contributed by atoms with Crippen molar-refractivity contribution in [3.63, 3.8) is 0 Å². The van der Waals surface area contributed by atoms with Crippen molar-refractivity contribution in [3.8, 4) is 11.8 Å². The summed E-state index contributed by atoms with van der Waals surface area (Å²) in [7, 11) is 0. The van der Waals surface area contributed by atoms with Gasteiger partial charge in [-0.15, -0.1) is 0 Å². The first kappa shape index (κ1) is 28.5. The van der Waals surface area contributed by atoms with Crippen LogP contribution in [0.15, 0.2) is 24.3 Å². The van der Waals surface area contributed by atoms with Crippen molar-refractivity contribution in [1.29, 1.82) is 5.26 Å². The van der Waals surface area contributed by atoms with E-state index in [-0.39, 0.29) is 6.10 Å². The topological polar surface area (TPSA) is 42.2 Å². The van der Waals surface area contributed by atoms with Crippen LogP contribution in [0, 0.1) is 11.3 Å². The molecule has 0 aliphatic heterocycles. The average Bonchev–Trinajstić information content (AvgIpc) is 2.82. The molecule has 182 valence electrons. The van der Waals surface area contributed by atoms with Gasteiger partial charge in [0.05, 0.1) is 18.2 Å². The fourth-order valence-electron chi connectivity index (χ4n) is 4.03. The van der Waals surface area contributed by atoms with Gasteiger partial charge in [-0.2, -0.15) is 5.26 Å². The second-order valence-electron chi connectivity index (χ2n) is 9.17. The second-order valence-corrected chi connectivity index (χ2v) is 9.17. The lowest BCUT2D eigenvalue weighted by Crippen LogP contribution is -2.22. The van der Waals surface area contributed by atoms with E-state index in [1.807, 2.05) is 12.1 Å². The third kappa shape index (κ3) is 16.2. The van der Waals surface area contributed by atoms with Crippen LogP contribution in [0.25, 0.3) is 0 Å². The minimum absolute atomic E-state index is 0.0463. The summed E-state index contributed by atoms with van der Waals surface area (Å²) in [5, 5.41) is 9.00. The van der Waals surface area contributed by atoms with Gasteiger partial charge in [0, 0.05) is 6.61 Å². The molecule has 0 saturated heterocycles. The zero-order valence-electron chi connectivity index (χ0n) is 21.1. The molecule has 0 aromatic heterocycles. The van der Waals surface area contributed by atoms with E-state index in [1.54, 1.807) is 12.1 Å². The van der Waals surface area contributed by atoms with Gasteiger partial charge in [-0.05, 0) is 31.0 Å². The average molecular weight is 444 g/mol. The molecular formula is C29H49NO2. The first-order valence-corrected chi connectivity index (χ1v) is 13.5. The van der Waals surface area contributed by atoms with Crippen molar-refractivity contribution in [2.75, 3.05) is 13.2 Å². The minimum atomic E-state index is 0.0463. The van der Waals surface area contributed by atoms with Crippen molar-refractivity contribution in [2.24, 2.45) is 0 Å². The first-order valence-electron chi connectivity index (χ1n) is 13.5. The van der Waals surface area contributed by atoms with E-state index in [0.717, 1.165) is 25.2 Å². The molecule has 0 bridgehead atoms. The van der Waals surface area contributed by atoms with Crippen molar-refractivity contribution in [1.82, 2.24) is 0 Å². The molecule has 3 nitrogen and oxygen atoms in total. The van der Waals surface area contributed by atoms with Gasteiger partial charge in [0.25, 0.3) is 0 Å². The monoisotopic (exact) mass is 443 g/mol. The molecule has 0 unspecified atom stereocenters. The van der Waals surface area contributed by atoms with Gasteiger partial charge in [0.15, 0.2) is 0 Å². The van der Waals surface area contributed by atoms with Crippen LogP contribution in [-0.4, -0.2) is 19.3 Å². The third-order valence-electron chi connectivity index (χ3n) is 6.17. The Balaban J connectivity index is 1.86. The van der Waals surface area contributed by atoms with Gasteiger partial charge in [0.2, 0.25) is 0 Å². The lowest BCUT2D eigenvalue weighted by molar-refractivity contribution is 0.0464. The molecule has 0 aliphatic rings. The van der Waals surface area contributed by atoms with Crippen molar-refractivity contribution in [2.45, 2.75) is 129 Å². The Morgan fingerprint density at radius 3 is 1.78 bits per heavy atom. The summed E-state index contributed by atoms with van der Waals surface area (Å²) in [5.41, 5.74) is 0.631. The number of hydrogen-bond donors (Lipinski definition) is 0. The number of nitrogens with zero attached hydrogens (tertiary/aromatic N) is 1. The van der Waals surface area contributed by atoms with E-state index in [1.165, 1.54) is 96.3 Å². The number of unbranched alkanes of at least 4 members (excludes halogenated alkanes) is 15. The lowest BCUT2D eigenvalue weighted by atomic mass is 10.0. The highest BCUT2D eigenvalue weighted by atomic mass is 16.5. The molecule has 0 heterocycles. The number of hydrogen-bond acceptors (Lipinski definition) is 3. The SMILES string of the molecule is CCCCCCCCCCCCCCCCCCOC[C@H](CC)Oc1cccc(C#N)c1. The highest BCUT2D eigenvalue weighted by molar-refractivity contribution is 5.36. The van der Waals surface area contributed by atoms with Crippen LogP contribution < -0.4 is 4.74 Å². The molecule has 1 atom stereocenters. The van der Waals surface area contributed by atoms with Crippen LogP contribution in [0.4, 0.5) is 0 Å². The molecule has 0 N–H and O–H groups in total. The summed E-state index contributed by atoms with van der Waals surface area (Å²) in [6.45, 7) is 5.83. The standard InChI is InChI=1S/C29H49NO2/c1-3-5-6-7-8-9-10-11-12-13-14-15-16-17-18-19-23-31-26-28(4-2)32-29-22-20-21-27(24-29)25-30/h20-22,24,28H,3-19,23,26H2,1-2H3/t28-/m0/s1. The molecule has 1 aromatic carbocycles. The van der Waals surface area contributed by atoms with Gasteiger partial charge in [-0.1, -0.05) is 116 Å². The van der Waals surface area contributed by atoms with E-state index in [2.05, 4.69) is 19.9 Å². The second kappa shape index (κ2) is 21.3. The van der Waals surface area contributed by atoms with Gasteiger partial charge < -0.3 is 9.47 Å². The van der Waals surface area contributed by atoms with E-state index in [0.29, 0.717) is 12.2 Å². The summed E-state index contributed by atoms with van der Waals surface area (Å²) in [6.07, 6.45) is 23.2. The predicted octanol–water partition coefficient (Wildman–Crippen LogP) is 8.99. The molecule has 0 saturated carbocycles. The Morgan fingerprint density at radius 2 is 1.28 bits per heavy atom. The Bertz CT molecular complexity index is 581. The molecular weight excluding hydrogens is 394 g/mol. The van der Waals surface area contributed by atoms with E-state index in [9.17, 15) is 0 Å². The van der Waals surface area contributed by atoms with Crippen molar-refractivity contribution < 1.29 is 9.47 Å². The Hall–Kier alpha value is -1.53. The maximum atomic E-state index is 9.00. The largest absolute Gasteiger partial charge is 0.488 e. The van der Waals surface area contributed by atoms with Gasteiger partial charge in [0.1, 0.15) is 11.9 Å². The van der Waals surface area contributed by atoms with Gasteiger partial charge in [-0.3, -0.25) is 0 Å². The first-order chi connectivity index (χ1) is 15.8. The Kier molecular flexibility index (Phi) is 19.0. The summed E-state index contributed by atoms with van der Waals surface area (Å²) >= 11 is 0. The fraction of sp³-hybridized carbons (Fsp3) is 0.759. The summed E-state index contributed by atoms with van der Waals surface area (Å²) in [4.78, 5) is 0. The fourth-order valence-corrected chi connectivity index (χ4v) is 4.03. The van der Waals surface area contributed by atoms with Gasteiger partial charge >= 0.3 is 0 Å². The summed E-state index contributed by atoms with van der Waals surface area (Å²) in [5.74, 6) is 0.752. The van der Waals surface area contributed by atoms with E-state index in [4.69, 9.17) is 14.7 Å². The molecule has 0 amide bonds. The van der Waals surface area contributed by atoms with Crippen LogP contribution >= 0.6 is 0 Å². The predicted molar refractivity (Wildman–Crippen MR) is 136 cm³/mol. The maximum absolute atomic E-state index is 9.00. The van der Waals surface area contributed by atoms with E-state index < -0.39 is 0 Å². The zero-order valence-corrected chi connectivity index (χ0v) is 21.1. The third-order valence-corrected chi connectivity index (χ3v) is 6.17. The molecule has 0 spiro atoms. The van der Waals surface area contributed by atoms with E-state index >= 15 is 0 Å². The highest BCUT2D eigenvalue weighted by Crippen LogP contribution is 2.16. The smallest absolute Gasteiger partial charge is 0.122 e. The highest BCUT2D eigenvalue weighted by Gasteiger charge is 2.09.